The molecule has 3 nitrogen and oxygen atoms in total. The molecule has 0 spiro atoms. The van der Waals surface area contributed by atoms with Gasteiger partial charge in [-0.2, -0.15) is 0 Å². The van der Waals surface area contributed by atoms with Crippen LogP contribution >= 0.6 is 23.1 Å². The Balaban J connectivity index is 1.83. The number of benzene rings is 1. The topological polar surface area (TPSA) is 42.0 Å². The van der Waals surface area contributed by atoms with Gasteiger partial charge in [-0.15, -0.1) is 11.3 Å². The molecule has 0 fully saturated rings. The Hall–Kier alpha value is -1.33. The van der Waals surface area contributed by atoms with Crippen LogP contribution in [0.15, 0.2) is 34.0 Å². The highest BCUT2D eigenvalue weighted by Crippen LogP contribution is 2.22. The molecule has 1 amide bonds. The number of carbonyl (C=O) groups excluding carboxylic acids is 1. The highest BCUT2D eigenvalue weighted by molar-refractivity contribution is 8.01. The van der Waals surface area contributed by atoms with Gasteiger partial charge >= 0.3 is 0 Å². The Kier molecular flexibility index (Phi) is 6.66. The Bertz CT molecular complexity index is 635. The smallest absolute Gasteiger partial charge is 0.230 e. The van der Waals surface area contributed by atoms with Crippen LogP contribution in [0.3, 0.4) is 0 Å². The highest BCUT2D eigenvalue weighted by Gasteiger charge is 2.11. The molecule has 1 aromatic carbocycles. The van der Waals surface area contributed by atoms with Crippen molar-refractivity contribution < 1.29 is 4.79 Å². The summed E-state index contributed by atoms with van der Waals surface area (Å²) >= 11 is 3.08. The van der Waals surface area contributed by atoms with E-state index in [2.05, 4.69) is 48.4 Å². The van der Waals surface area contributed by atoms with E-state index in [4.69, 9.17) is 0 Å². The number of rotatable bonds is 7. The van der Waals surface area contributed by atoms with Crippen LogP contribution < -0.4 is 5.32 Å². The van der Waals surface area contributed by atoms with Gasteiger partial charge < -0.3 is 5.32 Å². The second kappa shape index (κ2) is 8.50. The average molecular weight is 349 g/mol. The first-order chi connectivity index (χ1) is 10.9. The molecule has 0 aliphatic rings. The lowest BCUT2D eigenvalue weighted by atomic mass is 10.00. The van der Waals surface area contributed by atoms with Crippen molar-refractivity contribution >= 4 is 29.0 Å². The Morgan fingerprint density at radius 1 is 1.26 bits per heavy atom. The van der Waals surface area contributed by atoms with Crippen molar-refractivity contribution in [3.63, 3.8) is 0 Å². The minimum Gasteiger partial charge on any atom is -0.349 e. The van der Waals surface area contributed by atoms with Crippen LogP contribution in [0.25, 0.3) is 0 Å². The summed E-state index contributed by atoms with van der Waals surface area (Å²) < 4.78 is 0.948. The van der Waals surface area contributed by atoms with E-state index in [9.17, 15) is 4.79 Å². The largest absolute Gasteiger partial charge is 0.349 e. The molecule has 0 aliphatic carbocycles. The van der Waals surface area contributed by atoms with Gasteiger partial charge in [0.15, 0.2) is 4.34 Å². The maximum absolute atomic E-state index is 12.1. The summed E-state index contributed by atoms with van der Waals surface area (Å²) in [7, 11) is 0. The van der Waals surface area contributed by atoms with E-state index in [0.29, 0.717) is 11.7 Å². The van der Waals surface area contributed by atoms with Gasteiger partial charge in [0.2, 0.25) is 5.91 Å². The van der Waals surface area contributed by atoms with E-state index in [1.807, 2.05) is 19.2 Å². The normalized spacial score (nSPS) is 12.4. The van der Waals surface area contributed by atoms with Gasteiger partial charge in [-0.3, -0.25) is 4.79 Å². The maximum atomic E-state index is 12.1. The van der Waals surface area contributed by atoms with Crippen molar-refractivity contribution in [3.05, 3.63) is 46.5 Å². The first-order valence-corrected chi connectivity index (χ1v) is 9.73. The molecule has 0 bridgehead atoms. The molecule has 2 rings (SSSR count). The second-order valence-electron chi connectivity index (χ2n) is 6.17. The Labute approximate surface area is 146 Å². The zero-order valence-corrected chi connectivity index (χ0v) is 15.8. The third-order valence-corrected chi connectivity index (χ3v) is 5.56. The standard InChI is InChI=1S/C18H24N2OS2/c1-12(2)9-15-5-7-16(8-6-15)14(4)20-17(21)11-23-18-19-13(3)10-22-18/h5-8,10,12,14H,9,11H2,1-4H3,(H,20,21). The summed E-state index contributed by atoms with van der Waals surface area (Å²) in [6, 6.07) is 8.56. The summed E-state index contributed by atoms with van der Waals surface area (Å²) in [6.07, 6.45) is 1.09. The fourth-order valence-corrected chi connectivity index (χ4v) is 3.97. The summed E-state index contributed by atoms with van der Waals surface area (Å²) in [5, 5.41) is 5.05. The second-order valence-corrected chi connectivity index (χ2v) is 8.25. The van der Waals surface area contributed by atoms with Gasteiger partial charge in [0.1, 0.15) is 0 Å². The molecule has 0 saturated carbocycles. The Morgan fingerprint density at radius 3 is 2.52 bits per heavy atom. The predicted octanol–water partition coefficient (Wildman–Crippen LogP) is 4.62. The number of aryl methyl sites for hydroxylation is 1. The molecule has 1 N–H and O–H groups in total. The molecule has 1 aromatic heterocycles. The van der Waals surface area contributed by atoms with Crippen LogP contribution in [-0.4, -0.2) is 16.6 Å². The zero-order chi connectivity index (χ0) is 16.8. The molecule has 0 radical (unpaired) electrons. The van der Waals surface area contributed by atoms with Crippen molar-refractivity contribution in [2.45, 2.75) is 44.5 Å². The molecule has 23 heavy (non-hydrogen) atoms. The van der Waals surface area contributed by atoms with Crippen molar-refractivity contribution in [2.24, 2.45) is 5.92 Å². The average Bonchev–Trinajstić information content (AvgIpc) is 2.91. The van der Waals surface area contributed by atoms with Gasteiger partial charge in [-0.1, -0.05) is 49.9 Å². The lowest BCUT2D eigenvalue weighted by Crippen LogP contribution is -2.28. The van der Waals surface area contributed by atoms with Crippen LogP contribution in [0.2, 0.25) is 0 Å². The molecular formula is C18H24N2OS2. The lowest BCUT2D eigenvalue weighted by molar-refractivity contribution is -0.119. The summed E-state index contributed by atoms with van der Waals surface area (Å²) in [6.45, 7) is 8.43. The van der Waals surface area contributed by atoms with Crippen LogP contribution in [0.1, 0.15) is 43.6 Å². The predicted molar refractivity (Wildman–Crippen MR) is 99.1 cm³/mol. The zero-order valence-electron chi connectivity index (χ0n) is 14.1. The lowest BCUT2D eigenvalue weighted by Gasteiger charge is -2.15. The third-order valence-electron chi connectivity index (χ3n) is 3.43. The molecule has 1 unspecified atom stereocenters. The van der Waals surface area contributed by atoms with Crippen molar-refractivity contribution in [2.75, 3.05) is 5.75 Å². The first-order valence-electron chi connectivity index (χ1n) is 7.87. The van der Waals surface area contributed by atoms with E-state index in [-0.39, 0.29) is 11.9 Å². The minimum absolute atomic E-state index is 0.0224. The number of hydrogen-bond donors (Lipinski definition) is 1. The highest BCUT2D eigenvalue weighted by atomic mass is 32.2. The molecule has 0 saturated heterocycles. The fraction of sp³-hybridized carbons (Fsp3) is 0.444. The fourth-order valence-electron chi connectivity index (χ4n) is 2.31. The Morgan fingerprint density at radius 2 is 1.96 bits per heavy atom. The van der Waals surface area contributed by atoms with E-state index >= 15 is 0 Å². The number of amides is 1. The third kappa shape index (κ3) is 5.99. The van der Waals surface area contributed by atoms with Gasteiger partial charge in [0, 0.05) is 11.1 Å². The maximum Gasteiger partial charge on any atom is 0.230 e. The molecule has 1 heterocycles. The number of thioether (sulfide) groups is 1. The minimum atomic E-state index is 0.0224. The van der Waals surface area contributed by atoms with E-state index in [0.717, 1.165) is 22.0 Å². The number of hydrogen-bond acceptors (Lipinski definition) is 4. The number of nitrogens with zero attached hydrogens (tertiary/aromatic N) is 1. The van der Waals surface area contributed by atoms with Crippen molar-refractivity contribution in [1.82, 2.24) is 10.3 Å². The van der Waals surface area contributed by atoms with Crippen LogP contribution in [0.5, 0.6) is 0 Å². The summed E-state index contributed by atoms with van der Waals surface area (Å²) in [4.78, 5) is 16.4. The first kappa shape index (κ1) is 18.0. The van der Waals surface area contributed by atoms with E-state index in [1.54, 1.807) is 11.3 Å². The van der Waals surface area contributed by atoms with Crippen LogP contribution in [0.4, 0.5) is 0 Å². The monoisotopic (exact) mass is 348 g/mol. The SMILES string of the molecule is Cc1csc(SCC(=O)NC(C)c2ccc(CC(C)C)cc2)n1. The van der Waals surface area contributed by atoms with Gasteiger partial charge in [-0.05, 0) is 37.3 Å². The van der Waals surface area contributed by atoms with Gasteiger partial charge in [-0.25, -0.2) is 4.98 Å². The molecule has 0 aliphatic heterocycles. The van der Waals surface area contributed by atoms with Gasteiger partial charge in [0.25, 0.3) is 0 Å². The van der Waals surface area contributed by atoms with Crippen molar-refractivity contribution in [3.8, 4) is 0 Å². The van der Waals surface area contributed by atoms with Crippen molar-refractivity contribution in [1.29, 1.82) is 0 Å². The van der Waals surface area contributed by atoms with E-state index < -0.39 is 0 Å². The quantitative estimate of drug-likeness (QED) is 0.742. The summed E-state index contributed by atoms with van der Waals surface area (Å²) in [5.41, 5.74) is 3.49. The van der Waals surface area contributed by atoms with Crippen LogP contribution in [-0.2, 0) is 11.2 Å². The number of carbonyl (C=O) groups is 1. The van der Waals surface area contributed by atoms with Gasteiger partial charge in [0.05, 0.1) is 11.8 Å². The molecule has 1 atom stereocenters. The van der Waals surface area contributed by atoms with E-state index in [1.165, 1.54) is 17.3 Å². The molecular weight excluding hydrogens is 324 g/mol. The van der Waals surface area contributed by atoms with Crippen LogP contribution in [0, 0.1) is 12.8 Å². The number of nitrogens with one attached hydrogen (secondary N) is 1. The number of thiazole rings is 1. The molecule has 5 heteroatoms. The number of aromatic nitrogens is 1. The summed E-state index contributed by atoms with van der Waals surface area (Å²) in [5.74, 6) is 1.11. The molecule has 124 valence electrons. The molecule has 2 aromatic rings.